The van der Waals surface area contributed by atoms with E-state index in [1.54, 1.807) is 0 Å². The molecule has 0 atom stereocenters. The van der Waals surface area contributed by atoms with E-state index < -0.39 is 49.4 Å². The molecule has 0 saturated carbocycles. The molecule has 1 aliphatic rings. The van der Waals surface area contributed by atoms with Crippen LogP contribution < -0.4 is 15.4 Å². The second-order valence-electron chi connectivity index (χ2n) is 8.01. The van der Waals surface area contributed by atoms with Crippen LogP contribution in [0, 0.1) is 23.3 Å². The Morgan fingerprint density at radius 2 is 1.68 bits per heavy atom. The Morgan fingerprint density at radius 1 is 0.974 bits per heavy atom. The zero-order valence-electron chi connectivity index (χ0n) is 19.3. The summed E-state index contributed by atoms with van der Waals surface area (Å²) < 4.78 is 92.0. The highest BCUT2D eigenvalue weighted by Crippen LogP contribution is 2.43. The summed E-state index contributed by atoms with van der Waals surface area (Å²) in [7, 11) is -4.93. The normalized spacial score (nSPS) is 14.1. The second-order valence-corrected chi connectivity index (χ2v) is 10.6. The molecule has 198 valence electrons. The van der Waals surface area contributed by atoms with E-state index in [0.717, 1.165) is 41.7 Å². The fraction of sp³-hybridized carbons (Fsp3) is 0.174. The van der Waals surface area contributed by atoms with Crippen molar-refractivity contribution >= 4 is 38.1 Å². The van der Waals surface area contributed by atoms with Gasteiger partial charge in [0.1, 0.15) is 17.5 Å². The quantitative estimate of drug-likeness (QED) is 0.335. The average molecular weight is 567 g/mol. The van der Waals surface area contributed by atoms with Crippen molar-refractivity contribution in [3.63, 3.8) is 0 Å². The Morgan fingerprint density at radius 3 is 2.37 bits per heavy atom. The van der Waals surface area contributed by atoms with Crippen LogP contribution in [0.25, 0.3) is 21.8 Å². The van der Waals surface area contributed by atoms with Gasteiger partial charge in [-0.2, -0.15) is 0 Å². The minimum absolute atomic E-state index is 0.0795. The van der Waals surface area contributed by atoms with E-state index in [2.05, 4.69) is 15.0 Å². The molecule has 1 saturated heterocycles. The van der Waals surface area contributed by atoms with Gasteiger partial charge in [0.15, 0.2) is 15.8 Å². The van der Waals surface area contributed by atoms with Crippen molar-refractivity contribution < 1.29 is 30.7 Å². The van der Waals surface area contributed by atoms with E-state index in [-0.39, 0.29) is 22.2 Å². The summed E-state index contributed by atoms with van der Waals surface area (Å²) in [6, 6.07) is 5.58. The number of thiazole rings is 1. The first-order valence-corrected chi connectivity index (χ1v) is 13.3. The summed E-state index contributed by atoms with van der Waals surface area (Å²) in [6.45, 7) is 1.82. The third-order valence-electron chi connectivity index (χ3n) is 5.56. The topological polar surface area (TPSA) is 123 Å². The number of nitrogens with two attached hydrogens (primary N) is 1. The zero-order valence-corrected chi connectivity index (χ0v) is 20.9. The highest BCUT2D eigenvalue weighted by Gasteiger charge is 2.29. The molecule has 2 aromatic carbocycles. The molecule has 9 nitrogen and oxygen atoms in total. The van der Waals surface area contributed by atoms with E-state index in [0.29, 0.717) is 31.4 Å². The maximum Gasteiger partial charge on any atom is 0.267 e. The number of sulfonamides is 1. The highest BCUT2D eigenvalue weighted by molar-refractivity contribution is 7.92. The van der Waals surface area contributed by atoms with Crippen molar-refractivity contribution in [2.24, 2.45) is 0 Å². The van der Waals surface area contributed by atoms with Gasteiger partial charge in [0.2, 0.25) is 5.95 Å². The monoisotopic (exact) mass is 566 g/mol. The predicted molar refractivity (Wildman–Crippen MR) is 133 cm³/mol. The number of nitrogens with zero attached hydrogens (tertiary/aromatic N) is 4. The van der Waals surface area contributed by atoms with Crippen molar-refractivity contribution in [3.05, 3.63) is 65.9 Å². The number of hydrogen-bond acceptors (Lipinski definition) is 9. The molecule has 38 heavy (non-hydrogen) atoms. The van der Waals surface area contributed by atoms with Crippen molar-refractivity contribution in [1.29, 1.82) is 0 Å². The molecule has 0 radical (unpaired) electrons. The lowest BCUT2D eigenvalue weighted by atomic mass is 10.1. The molecule has 0 aliphatic carbocycles. The Bertz CT molecular complexity index is 1610. The molecule has 1 fully saturated rings. The summed E-state index contributed by atoms with van der Waals surface area (Å²) in [5.74, 6) is -5.22. The molecular weight excluding hydrogens is 548 g/mol. The fourth-order valence-electron chi connectivity index (χ4n) is 3.83. The minimum atomic E-state index is -4.93. The van der Waals surface area contributed by atoms with E-state index in [1.165, 1.54) is 12.3 Å². The smallest absolute Gasteiger partial charge is 0.267 e. The molecule has 2 aromatic heterocycles. The lowest BCUT2D eigenvalue weighted by Crippen LogP contribution is -2.36. The van der Waals surface area contributed by atoms with Gasteiger partial charge in [-0.3, -0.25) is 4.72 Å². The Hall–Kier alpha value is -3.82. The van der Waals surface area contributed by atoms with Crippen LogP contribution in [-0.4, -0.2) is 49.7 Å². The third kappa shape index (κ3) is 4.87. The molecule has 0 bridgehead atoms. The van der Waals surface area contributed by atoms with Gasteiger partial charge < -0.3 is 15.4 Å². The summed E-state index contributed by atoms with van der Waals surface area (Å²) in [6.07, 6.45) is 1.37. The summed E-state index contributed by atoms with van der Waals surface area (Å²) in [5, 5.41) is 0.425. The molecule has 1 aliphatic heterocycles. The first-order chi connectivity index (χ1) is 18.2. The van der Waals surface area contributed by atoms with Crippen molar-refractivity contribution in [2.75, 3.05) is 41.7 Å². The number of halogens is 4. The van der Waals surface area contributed by atoms with E-state index in [9.17, 15) is 17.2 Å². The Kier molecular flexibility index (Phi) is 6.90. The van der Waals surface area contributed by atoms with Gasteiger partial charge in [-0.05, 0) is 30.3 Å². The number of nitrogen functional groups attached to an aromatic ring is 1. The zero-order chi connectivity index (χ0) is 27.0. The lowest BCUT2D eigenvalue weighted by Gasteiger charge is -2.26. The molecule has 4 aromatic rings. The largest absolute Gasteiger partial charge is 0.378 e. The number of aromatic nitrogens is 3. The van der Waals surface area contributed by atoms with Crippen LogP contribution in [0.1, 0.15) is 0 Å². The molecule has 15 heteroatoms. The molecule has 3 N–H and O–H groups in total. The average Bonchev–Trinajstić information content (AvgIpc) is 3.31. The number of anilines is 3. The van der Waals surface area contributed by atoms with Crippen LogP contribution in [0.2, 0.25) is 0 Å². The number of benzene rings is 2. The molecule has 0 unspecified atom stereocenters. The second kappa shape index (κ2) is 10.2. The third-order valence-corrected chi connectivity index (χ3v) is 8.12. The molecule has 0 spiro atoms. The van der Waals surface area contributed by atoms with Gasteiger partial charge in [0.25, 0.3) is 10.0 Å². The van der Waals surface area contributed by atoms with Crippen molar-refractivity contribution in [1.82, 2.24) is 15.0 Å². The standard InChI is InChI=1S/C23H18F4N6O3S2/c24-12-4-5-15(32-38(34,35)21-13(25)2-1-3-14(21)26)18(27)17(12)19-20(16-6-7-29-22(28)30-16)37-23(31-19)33-8-10-36-11-9-33/h1-7,32H,8-11H2,(H2,28,29,30). The molecule has 3 heterocycles. The maximum absolute atomic E-state index is 15.8. The fourth-order valence-corrected chi connectivity index (χ4v) is 6.12. The Labute approximate surface area is 218 Å². The summed E-state index contributed by atoms with van der Waals surface area (Å²) >= 11 is 1.10. The molecule has 0 amide bonds. The number of hydrogen-bond donors (Lipinski definition) is 2. The van der Waals surface area contributed by atoms with E-state index >= 15 is 8.78 Å². The van der Waals surface area contributed by atoms with E-state index in [1.807, 2.05) is 9.62 Å². The van der Waals surface area contributed by atoms with Crippen LogP contribution >= 0.6 is 11.3 Å². The van der Waals surface area contributed by atoms with Crippen LogP contribution in [0.5, 0.6) is 0 Å². The highest BCUT2D eigenvalue weighted by atomic mass is 32.2. The van der Waals surface area contributed by atoms with Gasteiger partial charge in [-0.1, -0.05) is 17.4 Å². The predicted octanol–water partition coefficient (Wildman–Crippen LogP) is 4.04. The lowest BCUT2D eigenvalue weighted by molar-refractivity contribution is 0.122. The van der Waals surface area contributed by atoms with Crippen LogP contribution in [0.3, 0.4) is 0 Å². The van der Waals surface area contributed by atoms with Crippen molar-refractivity contribution in [2.45, 2.75) is 4.90 Å². The first-order valence-electron chi connectivity index (χ1n) is 11.0. The van der Waals surface area contributed by atoms with Crippen LogP contribution in [0.15, 0.2) is 47.5 Å². The number of nitrogens with one attached hydrogen (secondary N) is 1. The van der Waals surface area contributed by atoms with Gasteiger partial charge in [0.05, 0.1) is 40.7 Å². The number of ether oxygens (including phenoxy) is 1. The summed E-state index contributed by atoms with van der Waals surface area (Å²) in [4.78, 5) is 13.3. The van der Waals surface area contributed by atoms with Crippen LogP contribution in [-0.2, 0) is 14.8 Å². The Balaban J connectivity index is 1.64. The molecule has 5 rings (SSSR count). The SMILES string of the molecule is Nc1nccc(-c2sc(N3CCOCC3)nc2-c2c(F)ccc(NS(=O)(=O)c3c(F)cccc3F)c2F)n1. The number of morpholine rings is 1. The number of rotatable bonds is 6. The van der Waals surface area contributed by atoms with E-state index in [4.69, 9.17) is 10.5 Å². The van der Waals surface area contributed by atoms with Crippen molar-refractivity contribution in [3.8, 4) is 21.8 Å². The minimum Gasteiger partial charge on any atom is -0.378 e. The van der Waals surface area contributed by atoms with Gasteiger partial charge >= 0.3 is 0 Å². The van der Waals surface area contributed by atoms with Crippen LogP contribution in [0.4, 0.5) is 34.3 Å². The van der Waals surface area contributed by atoms with Gasteiger partial charge in [0, 0.05) is 19.3 Å². The molecular formula is C23H18F4N6O3S2. The first kappa shape index (κ1) is 25.8. The van der Waals surface area contributed by atoms with Gasteiger partial charge in [-0.25, -0.2) is 40.9 Å². The maximum atomic E-state index is 15.8. The van der Waals surface area contributed by atoms with Gasteiger partial charge in [-0.15, -0.1) is 0 Å². The summed E-state index contributed by atoms with van der Waals surface area (Å²) in [5.41, 5.74) is 4.39.